The molecule has 0 spiro atoms. The van der Waals surface area contributed by atoms with Crippen molar-refractivity contribution >= 4 is 17.7 Å². The van der Waals surface area contributed by atoms with Crippen LogP contribution in [0, 0.1) is 0 Å². The molecular weight excluding hydrogens is 184 g/mol. The second-order valence-electron chi connectivity index (χ2n) is 3.49. The monoisotopic (exact) mass is 202 g/mol. The van der Waals surface area contributed by atoms with Gasteiger partial charge in [0.1, 0.15) is 0 Å². The second kappa shape index (κ2) is 4.86. The molecule has 0 aliphatic carbocycles. The van der Waals surface area contributed by atoms with Crippen molar-refractivity contribution < 1.29 is 4.79 Å². The number of amides is 1. The van der Waals surface area contributed by atoms with Crippen molar-refractivity contribution in [2.75, 3.05) is 18.6 Å². The van der Waals surface area contributed by atoms with Crippen molar-refractivity contribution in [1.82, 2.24) is 10.2 Å². The minimum absolute atomic E-state index is 0.212. The lowest BCUT2D eigenvalue weighted by molar-refractivity contribution is -0.129. The smallest absolute Gasteiger partial charge is 0.238 e. The summed E-state index contributed by atoms with van der Waals surface area (Å²) in [5.41, 5.74) is 0. The van der Waals surface area contributed by atoms with Gasteiger partial charge in [0.2, 0.25) is 5.91 Å². The van der Waals surface area contributed by atoms with Crippen molar-refractivity contribution in [1.29, 1.82) is 0 Å². The molecule has 0 aromatic carbocycles. The highest BCUT2D eigenvalue weighted by Gasteiger charge is 2.30. The van der Waals surface area contributed by atoms with E-state index in [1.54, 1.807) is 0 Å². The zero-order valence-electron chi connectivity index (χ0n) is 8.54. The quantitative estimate of drug-likeness (QED) is 0.735. The molecule has 0 bridgehead atoms. The molecule has 2 unspecified atom stereocenters. The van der Waals surface area contributed by atoms with Crippen LogP contribution in [0.2, 0.25) is 0 Å². The van der Waals surface area contributed by atoms with Gasteiger partial charge in [0.15, 0.2) is 0 Å². The van der Waals surface area contributed by atoms with Crippen LogP contribution in [0.3, 0.4) is 0 Å². The topological polar surface area (TPSA) is 32.3 Å². The normalized spacial score (nSPS) is 25.3. The number of thioether (sulfide) groups is 1. The van der Waals surface area contributed by atoms with Crippen molar-refractivity contribution in [3.8, 4) is 0 Å². The van der Waals surface area contributed by atoms with Gasteiger partial charge in [-0.2, -0.15) is 11.8 Å². The van der Waals surface area contributed by atoms with Gasteiger partial charge in [0.05, 0.1) is 12.7 Å². The van der Waals surface area contributed by atoms with Crippen molar-refractivity contribution in [3.63, 3.8) is 0 Å². The van der Waals surface area contributed by atoms with E-state index in [0.29, 0.717) is 12.6 Å². The van der Waals surface area contributed by atoms with E-state index in [4.69, 9.17) is 0 Å². The Hall–Kier alpha value is -0.220. The fourth-order valence-corrected chi connectivity index (χ4v) is 2.27. The summed E-state index contributed by atoms with van der Waals surface area (Å²) < 4.78 is 0. The van der Waals surface area contributed by atoms with Gasteiger partial charge >= 0.3 is 0 Å². The lowest BCUT2D eigenvalue weighted by Gasteiger charge is -2.28. The van der Waals surface area contributed by atoms with Gasteiger partial charge < -0.3 is 4.90 Å². The first-order valence-corrected chi connectivity index (χ1v) is 6.09. The fourth-order valence-electron chi connectivity index (χ4n) is 1.70. The average Bonchev–Trinajstić information content (AvgIpc) is 2.42. The minimum Gasteiger partial charge on any atom is -0.324 e. The third-order valence-corrected chi connectivity index (χ3v) is 3.11. The minimum atomic E-state index is 0.212. The zero-order valence-corrected chi connectivity index (χ0v) is 9.36. The number of carbonyl (C=O) groups excluding carboxylic acids is 1. The second-order valence-corrected chi connectivity index (χ2v) is 4.47. The van der Waals surface area contributed by atoms with Crippen LogP contribution in [-0.2, 0) is 4.79 Å². The fraction of sp³-hybridized carbons (Fsp3) is 0.889. The maximum absolute atomic E-state index is 11.4. The molecule has 0 aromatic heterocycles. The highest BCUT2D eigenvalue weighted by atomic mass is 32.2. The molecule has 0 radical (unpaired) electrons. The molecule has 0 aromatic rings. The Morgan fingerprint density at radius 2 is 2.46 bits per heavy atom. The Morgan fingerprint density at radius 3 is 2.92 bits per heavy atom. The van der Waals surface area contributed by atoms with Gasteiger partial charge in [0.25, 0.3) is 0 Å². The summed E-state index contributed by atoms with van der Waals surface area (Å²) >= 11 is 1.83. The lowest BCUT2D eigenvalue weighted by Crippen LogP contribution is -2.41. The summed E-state index contributed by atoms with van der Waals surface area (Å²) in [6, 6.07) is 0.366. The summed E-state index contributed by atoms with van der Waals surface area (Å²) in [7, 11) is 0. The maximum Gasteiger partial charge on any atom is 0.238 e. The van der Waals surface area contributed by atoms with Crippen LogP contribution < -0.4 is 5.32 Å². The summed E-state index contributed by atoms with van der Waals surface area (Å²) in [5, 5.41) is 3.15. The van der Waals surface area contributed by atoms with Gasteiger partial charge in [-0.25, -0.2) is 0 Å². The van der Waals surface area contributed by atoms with E-state index in [1.807, 2.05) is 23.6 Å². The van der Waals surface area contributed by atoms with Gasteiger partial charge in [0, 0.05) is 6.04 Å². The highest BCUT2D eigenvalue weighted by molar-refractivity contribution is 7.98. The first-order valence-electron chi connectivity index (χ1n) is 4.70. The van der Waals surface area contributed by atoms with Crippen LogP contribution in [-0.4, -0.2) is 41.6 Å². The Kier molecular flexibility index (Phi) is 4.06. The third-order valence-electron chi connectivity index (χ3n) is 2.47. The molecule has 1 aliphatic heterocycles. The van der Waals surface area contributed by atoms with Gasteiger partial charge in [-0.3, -0.25) is 10.1 Å². The molecule has 1 N–H and O–H groups in total. The first kappa shape index (κ1) is 10.9. The number of carbonyl (C=O) groups is 1. The molecule has 2 atom stereocenters. The molecule has 13 heavy (non-hydrogen) atoms. The van der Waals surface area contributed by atoms with E-state index in [1.165, 1.54) is 0 Å². The predicted octanol–water partition coefficient (Wildman–Crippen LogP) is 0.906. The maximum atomic E-state index is 11.4. The highest BCUT2D eigenvalue weighted by Crippen LogP contribution is 2.13. The Bertz CT molecular complexity index is 186. The summed E-state index contributed by atoms with van der Waals surface area (Å²) in [4.78, 5) is 13.4. The lowest BCUT2D eigenvalue weighted by atomic mass is 10.2. The molecule has 1 aliphatic rings. The Balaban J connectivity index is 2.44. The van der Waals surface area contributed by atoms with Crippen LogP contribution in [0.25, 0.3) is 0 Å². The van der Waals surface area contributed by atoms with Crippen LogP contribution in [0.4, 0.5) is 0 Å². The van der Waals surface area contributed by atoms with Crippen molar-refractivity contribution in [2.24, 2.45) is 0 Å². The van der Waals surface area contributed by atoms with E-state index in [-0.39, 0.29) is 12.1 Å². The predicted molar refractivity (Wildman–Crippen MR) is 56.8 cm³/mol. The van der Waals surface area contributed by atoms with Crippen LogP contribution in [0.5, 0.6) is 0 Å². The molecule has 1 rings (SSSR count). The molecular formula is C9H18N2OS. The van der Waals surface area contributed by atoms with Gasteiger partial charge in [-0.15, -0.1) is 0 Å². The molecule has 1 heterocycles. The van der Waals surface area contributed by atoms with Crippen LogP contribution >= 0.6 is 11.8 Å². The van der Waals surface area contributed by atoms with Crippen molar-refractivity contribution in [3.05, 3.63) is 0 Å². The number of rotatable bonds is 4. The first-order chi connectivity index (χ1) is 6.16. The molecule has 1 saturated heterocycles. The Morgan fingerprint density at radius 1 is 1.77 bits per heavy atom. The molecule has 0 saturated carbocycles. The van der Waals surface area contributed by atoms with Crippen molar-refractivity contribution in [2.45, 2.75) is 32.5 Å². The SMILES string of the molecule is CSCCC(C)N1C(=O)CNC1C. The number of hydrogen-bond donors (Lipinski definition) is 1. The number of nitrogens with one attached hydrogen (secondary N) is 1. The largest absolute Gasteiger partial charge is 0.324 e. The standard InChI is InChI=1S/C9H18N2OS/c1-7(4-5-13-3)11-8(2)10-6-9(11)12/h7-8,10H,4-6H2,1-3H3. The van der Waals surface area contributed by atoms with Gasteiger partial charge in [-0.05, 0) is 32.3 Å². The van der Waals surface area contributed by atoms with E-state index in [9.17, 15) is 4.79 Å². The number of nitrogens with zero attached hydrogens (tertiary/aromatic N) is 1. The third kappa shape index (κ3) is 2.61. The average molecular weight is 202 g/mol. The van der Waals surface area contributed by atoms with E-state index in [2.05, 4.69) is 18.5 Å². The zero-order chi connectivity index (χ0) is 9.84. The van der Waals surface area contributed by atoms with E-state index >= 15 is 0 Å². The molecule has 1 fully saturated rings. The summed E-state index contributed by atoms with van der Waals surface area (Å²) in [5.74, 6) is 1.36. The summed E-state index contributed by atoms with van der Waals surface area (Å²) in [6.07, 6.45) is 3.39. The van der Waals surface area contributed by atoms with Crippen LogP contribution in [0.15, 0.2) is 0 Å². The number of hydrogen-bond acceptors (Lipinski definition) is 3. The van der Waals surface area contributed by atoms with Crippen LogP contribution in [0.1, 0.15) is 20.3 Å². The van der Waals surface area contributed by atoms with E-state index < -0.39 is 0 Å². The summed E-state index contributed by atoms with van der Waals surface area (Å²) in [6.45, 7) is 4.67. The molecule has 76 valence electrons. The van der Waals surface area contributed by atoms with E-state index in [0.717, 1.165) is 12.2 Å². The molecule has 1 amide bonds. The molecule has 4 heteroatoms. The molecule has 3 nitrogen and oxygen atoms in total. The Labute approximate surface area is 84.2 Å². The van der Waals surface area contributed by atoms with Gasteiger partial charge in [-0.1, -0.05) is 0 Å².